The molecule has 1 unspecified atom stereocenters. The highest BCUT2D eigenvalue weighted by molar-refractivity contribution is 4.86. The summed E-state index contributed by atoms with van der Waals surface area (Å²) in [6.07, 6.45) is 5.04. The standard InChI is InChI=1S/C14H30N4/c1-16(2)7-3-8-17-9-6-14(12-17)18-10-4-13(15)5-11-18/h13-14H,3-12,15H2,1-2H3. The number of hydrogen-bond acceptors (Lipinski definition) is 4. The number of piperidine rings is 1. The summed E-state index contributed by atoms with van der Waals surface area (Å²) >= 11 is 0. The molecular weight excluding hydrogens is 224 g/mol. The van der Waals surface area contributed by atoms with Gasteiger partial charge in [0.25, 0.3) is 0 Å². The van der Waals surface area contributed by atoms with Gasteiger partial charge in [0.1, 0.15) is 0 Å². The first kappa shape index (κ1) is 14.3. The van der Waals surface area contributed by atoms with Crippen LogP contribution in [-0.4, -0.2) is 80.1 Å². The zero-order chi connectivity index (χ0) is 13.0. The molecule has 0 aliphatic carbocycles. The molecule has 2 N–H and O–H groups in total. The zero-order valence-electron chi connectivity index (χ0n) is 12.1. The first-order chi connectivity index (χ1) is 8.65. The van der Waals surface area contributed by atoms with Gasteiger partial charge in [0, 0.05) is 18.6 Å². The quantitative estimate of drug-likeness (QED) is 0.772. The van der Waals surface area contributed by atoms with E-state index in [1.54, 1.807) is 0 Å². The highest BCUT2D eigenvalue weighted by Gasteiger charge is 2.29. The lowest BCUT2D eigenvalue weighted by Gasteiger charge is -2.34. The molecule has 0 amide bonds. The average Bonchev–Trinajstić information content (AvgIpc) is 2.78. The van der Waals surface area contributed by atoms with E-state index in [-0.39, 0.29) is 0 Å². The van der Waals surface area contributed by atoms with Crippen molar-refractivity contribution in [2.45, 2.75) is 37.8 Å². The Labute approximate surface area is 112 Å². The second-order valence-corrected chi connectivity index (χ2v) is 6.27. The number of nitrogens with zero attached hydrogens (tertiary/aromatic N) is 3. The molecule has 18 heavy (non-hydrogen) atoms. The molecule has 2 aliphatic rings. The number of likely N-dealkylation sites (tertiary alicyclic amines) is 2. The van der Waals surface area contributed by atoms with Gasteiger partial charge < -0.3 is 15.5 Å². The van der Waals surface area contributed by atoms with Gasteiger partial charge in [-0.2, -0.15) is 0 Å². The van der Waals surface area contributed by atoms with Gasteiger partial charge in [-0.05, 0) is 72.5 Å². The van der Waals surface area contributed by atoms with E-state index >= 15 is 0 Å². The van der Waals surface area contributed by atoms with Gasteiger partial charge >= 0.3 is 0 Å². The fourth-order valence-electron chi connectivity index (χ4n) is 3.21. The molecule has 0 spiro atoms. The van der Waals surface area contributed by atoms with Crippen LogP contribution in [0.15, 0.2) is 0 Å². The van der Waals surface area contributed by atoms with Gasteiger partial charge in [0.2, 0.25) is 0 Å². The average molecular weight is 254 g/mol. The second kappa shape index (κ2) is 6.85. The molecule has 0 radical (unpaired) electrons. The van der Waals surface area contributed by atoms with Crippen molar-refractivity contribution in [2.75, 3.05) is 53.4 Å². The van der Waals surface area contributed by atoms with Crippen LogP contribution >= 0.6 is 0 Å². The summed E-state index contributed by atoms with van der Waals surface area (Å²) in [5, 5.41) is 0. The Balaban J connectivity index is 1.65. The summed E-state index contributed by atoms with van der Waals surface area (Å²) in [4.78, 5) is 7.59. The van der Waals surface area contributed by atoms with Crippen molar-refractivity contribution in [3.63, 3.8) is 0 Å². The van der Waals surface area contributed by atoms with Crippen LogP contribution in [0.25, 0.3) is 0 Å². The highest BCUT2D eigenvalue weighted by atomic mass is 15.3. The predicted octanol–water partition coefficient (Wildman–Crippen LogP) is 0.436. The molecule has 4 heteroatoms. The third kappa shape index (κ3) is 4.19. The third-order valence-electron chi connectivity index (χ3n) is 4.42. The number of nitrogens with two attached hydrogens (primary N) is 1. The first-order valence-electron chi connectivity index (χ1n) is 7.52. The van der Waals surface area contributed by atoms with Crippen molar-refractivity contribution in [1.82, 2.24) is 14.7 Å². The minimum Gasteiger partial charge on any atom is -0.328 e. The molecule has 0 aromatic rings. The van der Waals surface area contributed by atoms with Gasteiger partial charge in [0.05, 0.1) is 0 Å². The monoisotopic (exact) mass is 254 g/mol. The van der Waals surface area contributed by atoms with E-state index in [0.717, 1.165) is 6.04 Å². The van der Waals surface area contributed by atoms with Crippen molar-refractivity contribution in [2.24, 2.45) is 5.73 Å². The van der Waals surface area contributed by atoms with E-state index in [9.17, 15) is 0 Å². The van der Waals surface area contributed by atoms with Crippen LogP contribution in [0.2, 0.25) is 0 Å². The smallest absolute Gasteiger partial charge is 0.0235 e. The summed E-state index contributed by atoms with van der Waals surface area (Å²) in [6, 6.07) is 1.26. The highest BCUT2D eigenvalue weighted by Crippen LogP contribution is 2.19. The molecule has 106 valence electrons. The largest absolute Gasteiger partial charge is 0.328 e. The van der Waals surface area contributed by atoms with E-state index < -0.39 is 0 Å². The molecule has 2 aliphatic heterocycles. The molecule has 2 saturated heterocycles. The molecule has 2 rings (SSSR count). The Morgan fingerprint density at radius 2 is 1.83 bits per heavy atom. The minimum absolute atomic E-state index is 0.457. The molecular formula is C14H30N4. The summed E-state index contributed by atoms with van der Waals surface area (Å²) in [5.41, 5.74) is 5.98. The van der Waals surface area contributed by atoms with Gasteiger partial charge in [0.15, 0.2) is 0 Å². The van der Waals surface area contributed by atoms with E-state index in [0.29, 0.717) is 6.04 Å². The summed E-state index contributed by atoms with van der Waals surface area (Å²) < 4.78 is 0. The van der Waals surface area contributed by atoms with Crippen LogP contribution in [-0.2, 0) is 0 Å². The van der Waals surface area contributed by atoms with Crippen LogP contribution in [0.4, 0.5) is 0 Å². The summed E-state index contributed by atoms with van der Waals surface area (Å²) in [5.74, 6) is 0. The Kier molecular flexibility index (Phi) is 5.42. The fraction of sp³-hybridized carbons (Fsp3) is 1.00. The maximum atomic E-state index is 5.98. The lowest BCUT2D eigenvalue weighted by molar-refractivity contribution is 0.152. The van der Waals surface area contributed by atoms with Crippen LogP contribution < -0.4 is 5.73 Å². The van der Waals surface area contributed by atoms with E-state index in [2.05, 4.69) is 28.8 Å². The third-order valence-corrected chi connectivity index (χ3v) is 4.42. The van der Waals surface area contributed by atoms with Gasteiger partial charge in [-0.3, -0.25) is 4.90 Å². The predicted molar refractivity (Wildman–Crippen MR) is 76.8 cm³/mol. The zero-order valence-corrected chi connectivity index (χ0v) is 12.1. The van der Waals surface area contributed by atoms with Crippen LogP contribution in [0.3, 0.4) is 0 Å². The van der Waals surface area contributed by atoms with E-state index in [4.69, 9.17) is 5.73 Å². The molecule has 1 atom stereocenters. The van der Waals surface area contributed by atoms with Crippen molar-refractivity contribution in [1.29, 1.82) is 0 Å². The van der Waals surface area contributed by atoms with Gasteiger partial charge in [-0.15, -0.1) is 0 Å². The van der Waals surface area contributed by atoms with Crippen molar-refractivity contribution < 1.29 is 0 Å². The summed E-state index contributed by atoms with van der Waals surface area (Å²) in [6.45, 7) is 7.49. The molecule has 0 saturated carbocycles. The number of hydrogen-bond donors (Lipinski definition) is 1. The minimum atomic E-state index is 0.457. The molecule has 4 nitrogen and oxygen atoms in total. The maximum absolute atomic E-state index is 5.98. The van der Waals surface area contributed by atoms with Crippen molar-refractivity contribution in [3.8, 4) is 0 Å². The summed E-state index contributed by atoms with van der Waals surface area (Å²) in [7, 11) is 4.31. The Morgan fingerprint density at radius 1 is 1.11 bits per heavy atom. The second-order valence-electron chi connectivity index (χ2n) is 6.27. The Bertz CT molecular complexity index is 236. The van der Waals surface area contributed by atoms with E-state index in [1.165, 1.54) is 65.0 Å². The van der Waals surface area contributed by atoms with Crippen LogP contribution in [0.1, 0.15) is 25.7 Å². The fourth-order valence-corrected chi connectivity index (χ4v) is 3.21. The molecule has 2 heterocycles. The first-order valence-corrected chi connectivity index (χ1v) is 7.52. The maximum Gasteiger partial charge on any atom is 0.0235 e. The molecule has 0 bridgehead atoms. The Hall–Kier alpha value is -0.160. The molecule has 2 fully saturated rings. The van der Waals surface area contributed by atoms with Crippen LogP contribution in [0.5, 0.6) is 0 Å². The SMILES string of the molecule is CN(C)CCCN1CCC(N2CCC(N)CC2)C1. The van der Waals surface area contributed by atoms with Gasteiger partial charge in [-0.1, -0.05) is 0 Å². The van der Waals surface area contributed by atoms with Crippen molar-refractivity contribution in [3.05, 3.63) is 0 Å². The van der Waals surface area contributed by atoms with E-state index in [1.807, 2.05) is 0 Å². The van der Waals surface area contributed by atoms with Crippen LogP contribution in [0, 0.1) is 0 Å². The lowest BCUT2D eigenvalue weighted by Crippen LogP contribution is -2.46. The normalized spacial score (nSPS) is 28.3. The van der Waals surface area contributed by atoms with Crippen molar-refractivity contribution >= 4 is 0 Å². The molecule has 0 aromatic heterocycles. The number of rotatable bonds is 5. The topological polar surface area (TPSA) is 35.7 Å². The Morgan fingerprint density at radius 3 is 2.50 bits per heavy atom. The lowest BCUT2D eigenvalue weighted by atomic mass is 10.0. The molecule has 0 aromatic carbocycles. The van der Waals surface area contributed by atoms with Gasteiger partial charge in [-0.25, -0.2) is 0 Å².